The molecule has 2 aromatic heterocycles. The van der Waals surface area contributed by atoms with Crippen LogP contribution in [0.5, 0.6) is 0 Å². The Hall–Kier alpha value is -1.36. The summed E-state index contributed by atoms with van der Waals surface area (Å²) in [4.78, 5) is 18.9. The summed E-state index contributed by atoms with van der Waals surface area (Å²) in [5, 5.41) is 0. The van der Waals surface area contributed by atoms with Gasteiger partial charge >= 0.3 is 0 Å². The van der Waals surface area contributed by atoms with Gasteiger partial charge in [-0.3, -0.25) is 9.20 Å². The molecule has 0 unspecified atom stereocenters. The molecule has 20 heavy (non-hydrogen) atoms. The topological polar surface area (TPSA) is 37.6 Å². The molecule has 0 atom stereocenters. The molecule has 0 fully saturated rings. The molecule has 2 aromatic rings. The van der Waals surface area contributed by atoms with Gasteiger partial charge in [-0.2, -0.15) is 0 Å². The third kappa shape index (κ3) is 2.73. The second-order valence-electron chi connectivity index (χ2n) is 5.16. The summed E-state index contributed by atoms with van der Waals surface area (Å²) in [7, 11) is 1.85. The first-order valence-electron chi connectivity index (χ1n) is 6.86. The molecule has 0 aromatic carbocycles. The number of halogens is 1. The zero-order valence-electron chi connectivity index (χ0n) is 12.4. The Bertz CT molecular complexity index is 648. The lowest BCUT2D eigenvalue weighted by Crippen LogP contribution is -2.29. The minimum absolute atomic E-state index is 0.0287. The standard InChI is InChI=1S/C15H20BrN3O/c1-5-6-7-18(4)15(20)13-11(3)17-14-10(2)8-12(16)9-19(13)14/h8-9H,5-7H2,1-4H3. The number of amides is 1. The van der Waals surface area contributed by atoms with Crippen molar-refractivity contribution in [2.45, 2.75) is 33.6 Å². The van der Waals surface area contributed by atoms with Crippen LogP contribution in [-0.4, -0.2) is 33.8 Å². The van der Waals surface area contributed by atoms with Gasteiger partial charge < -0.3 is 4.90 Å². The molecule has 108 valence electrons. The molecular weight excluding hydrogens is 318 g/mol. The quantitative estimate of drug-likeness (QED) is 0.854. The second-order valence-corrected chi connectivity index (χ2v) is 6.08. The zero-order chi connectivity index (χ0) is 14.9. The van der Waals surface area contributed by atoms with E-state index >= 15 is 0 Å². The van der Waals surface area contributed by atoms with Crippen LogP contribution in [0.25, 0.3) is 5.65 Å². The van der Waals surface area contributed by atoms with Crippen LogP contribution in [0.3, 0.4) is 0 Å². The lowest BCUT2D eigenvalue weighted by molar-refractivity contribution is 0.0785. The number of imidazole rings is 1. The first-order chi connectivity index (χ1) is 9.45. The minimum Gasteiger partial charge on any atom is -0.340 e. The number of carbonyl (C=O) groups is 1. The summed E-state index contributed by atoms with van der Waals surface area (Å²) < 4.78 is 2.84. The summed E-state index contributed by atoms with van der Waals surface area (Å²) in [6, 6.07) is 2.01. The van der Waals surface area contributed by atoms with Crippen molar-refractivity contribution in [2.24, 2.45) is 0 Å². The van der Waals surface area contributed by atoms with Gasteiger partial charge in [-0.05, 0) is 47.8 Å². The second kappa shape index (κ2) is 5.95. The van der Waals surface area contributed by atoms with E-state index in [9.17, 15) is 4.79 Å². The van der Waals surface area contributed by atoms with Crippen molar-refractivity contribution >= 4 is 27.5 Å². The van der Waals surface area contributed by atoms with Gasteiger partial charge in [0.05, 0.1) is 5.69 Å². The molecule has 0 saturated carbocycles. The monoisotopic (exact) mass is 337 g/mol. The van der Waals surface area contributed by atoms with Gasteiger partial charge in [-0.1, -0.05) is 13.3 Å². The molecule has 5 heteroatoms. The average molecular weight is 338 g/mol. The highest BCUT2D eigenvalue weighted by atomic mass is 79.9. The highest BCUT2D eigenvalue weighted by molar-refractivity contribution is 9.10. The summed E-state index contributed by atoms with van der Waals surface area (Å²) >= 11 is 3.48. The molecule has 1 amide bonds. The number of pyridine rings is 1. The lowest BCUT2D eigenvalue weighted by Gasteiger charge is -2.17. The molecule has 0 radical (unpaired) electrons. The van der Waals surface area contributed by atoms with Crippen molar-refractivity contribution in [3.63, 3.8) is 0 Å². The van der Waals surface area contributed by atoms with Gasteiger partial charge in [-0.15, -0.1) is 0 Å². The summed E-state index contributed by atoms with van der Waals surface area (Å²) in [5.74, 6) is 0.0287. The number of nitrogens with zero attached hydrogens (tertiary/aromatic N) is 3. The normalized spacial score (nSPS) is 11.1. The van der Waals surface area contributed by atoms with E-state index in [0.29, 0.717) is 5.69 Å². The maximum absolute atomic E-state index is 12.6. The van der Waals surface area contributed by atoms with E-state index in [2.05, 4.69) is 27.8 Å². The number of unbranched alkanes of at least 4 members (excludes halogenated alkanes) is 1. The number of rotatable bonds is 4. The van der Waals surface area contributed by atoms with E-state index < -0.39 is 0 Å². The van der Waals surface area contributed by atoms with Crippen molar-refractivity contribution in [1.29, 1.82) is 0 Å². The van der Waals surface area contributed by atoms with Crippen LogP contribution < -0.4 is 0 Å². The van der Waals surface area contributed by atoms with Crippen molar-refractivity contribution in [3.8, 4) is 0 Å². The van der Waals surface area contributed by atoms with Gasteiger partial charge in [0, 0.05) is 24.3 Å². The van der Waals surface area contributed by atoms with Crippen LogP contribution in [0.2, 0.25) is 0 Å². The molecule has 0 aliphatic rings. The van der Waals surface area contributed by atoms with E-state index in [4.69, 9.17) is 0 Å². The third-order valence-electron chi connectivity index (χ3n) is 3.44. The van der Waals surface area contributed by atoms with Crippen molar-refractivity contribution < 1.29 is 4.79 Å². The Kier molecular flexibility index (Phi) is 4.48. The van der Waals surface area contributed by atoms with Crippen LogP contribution in [0.15, 0.2) is 16.7 Å². The highest BCUT2D eigenvalue weighted by Crippen LogP contribution is 2.21. The molecule has 0 saturated heterocycles. The fourth-order valence-corrected chi connectivity index (χ4v) is 2.87. The smallest absolute Gasteiger partial charge is 0.272 e. The number of hydrogen-bond donors (Lipinski definition) is 0. The molecule has 0 N–H and O–H groups in total. The Morgan fingerprint density at radius 2 is 2.15 bits per heavy atom. The Morgan fingerprint density at radius 1 is 1.45 bits per heavy atom. The van der Waals surface area contributed by atoms with Crippen LogP contribution in [0.1, 0.15) is 41.5 Å². The fourth-order valence-electron chi connectivity index (χ4n) is 2.32. The molecule has 0 aliphatic carbocycles. The molecule has 0 aliphatic heterocycles. The maximum Gasteiger partial charge on any atom is 0.272 e. The van der Waals surface area contributed by atoms with Crippen LogP contribution in [0.4, 0.5) is 0 Å². The van der Waals surface area contributed by atoms with Gasteiger partial charge in [0.2, 0.25) is 0 Å². The molecule has 4 nitrogen and oxygen atoms in total. The first-order valence-corrected chi connectivity index (χ1v) is 7.65. The summed E-state index contributed by atoms with van der Waals surface area (Å²) in [5.41, 5.74) is 3.33. The Balaban J connectivity index is 2.48. The minimum atomic E-state index is 0.0287. The van der Waals surface area contributed by atoms with Crippen LogP contribution >= 0.6 is 15.9 Å². The fraction of sp³-hybridized carbons (Fsp3) is 0.467. The van der Waals surface area contributed by atoms with Gasteiger partial charge in [0.1, 0.15) is 11.3 Å². The number of aromatic nitrogens is 2. The van der Waals surface area contributed by atoms with Crippen LogP contribution in [-0.2, 0) is 0 Å². The number of carbonyl (C=O) groups excluding carboxylic acids is 1. The highest BCUT2D eigenvalue weighted by Gasteiger charge is 2.20. The predicted octanol–water partition coefficient (Wildman–Crippen LogP) is 3.59. The largest absolute Gasteiger partial charge is 0.340 e. The Labute approximate surface area is 127 Å². The molecule has 0 spiro atoms. The van der Waals surface area contributed by atoms with Crippen molar-refractivity contribution in [2.75, 3.05) is 13.6 Å². The molecule has 2 rings (SSSR count). The van der Waals surface area contributed by atoms with E-state index in [0.717, 1.165) is 40.8 Å². The SMILES string of the molecule is CCCCN(C)C(=O)c1c(C)nc2c(C)cc(Br)cn12. The predicted molar refractivity (Wildman–Crippen MR) is 84.2 cm³/mol. The molecule has 0 bridgehead atoms. The number of fused-ring (bicyclic) bond motifs is 1. The number of hydrogen-bond acceptors (Lipinski definition) is 2. The van der Waals surface area contributed by atoms with Gasteiger partial charge in [0.15, 0.2) is 0 Å². The first kappa shape index (κ1) is 15.0. The maximum atomic E-state index is 12.6. The van der Waals surface area contributed by atoms with Crippen molar-refractivity contribution in [3.05, 3.63) is 33.7 Å². The van der Waals surface area contributed by atoms with Crippen LogP contribution in [0, 0.1) is 13.8 Å². The Morgan fingerprint density at radius 3 is 2.80 bits per heavy atom. The third-order valence-corrected chi connectivity index (χ3v) is 3.87. The van der Waals surface area contributed by atoms with Gasteiger partial charge in [-0.25, -0.2) is 4.98 Å². The lowest BCUT2D eigenvalue weighted by atomic mass is 10.2. The summed E-state index contributed by atoms with van der Waals surface area (Å²) in [6.07, 6.45) is 4.00. The summed E-state index contributed by atoms with van der Waals surface area (Å²) in [6.45, 7) is 6.79. The number of aryl methyl sites for hydroxylation is 2. The van der Waals surface area contributed by atoms with E-state index in [1.54, 1.807) is 4.90 Å². The van der Waals surface area contributed by atoms with E-state index in [-0.39, 0.29) is 5.91 Å². The van der Waals surface area contributed by atoms with Gasteiger partial charge in [0.25, 0.3) is 5.91 Å². The molecule has 2 heterocycles. The van der Waals surface area contributed by atoms with E-state index in [1.165, 1.54) is 0 Å². The van der Waals surface area contributed by atoms with E-state index in [1.807, 2.05) is 37.6 Å². The van der Waals surface area contributed by atoms with Crippen molar-refractivity contribution in [1.82, 2.24) is 14.3 Å². The molecular formula is C15H20BrN3O. The zero-order valence-corrected chi connectivity index (χ0v) is 14.0. The average Bonchev–Trinajstić information content (AvgIpc) is 2.71.